The lowest BCUT2D eigenvalue weighted by Gasteiger charge is -2.22. The van der Waals surface area contributed by atoms with Crippen LogP contribution in [0, 0.1) is 0 Å². The summed E-state index contributed by atoms with van der Waals surface area (Å²) in [4.78, 5) is 3.58. The van der Waals surface area contributed by atoms with Crippen LogP contribution in [-0.4, -0.2) is 25.1 Å². The van der Waals surface area contributed by atoms with Crippen LogP contribution in [0.15, 0.2) is 17.4 Å². The normalized spacial score (nSPS) is 22.5. The van der Waals surface area contributed by atoms with Gasteiger partial charge in [0.15, 0.2) is 0 Å². The van der Waals surface area contributed by atoms with Crippen molar-refractivity contribution in [1.29, 1.82) is 0 Å². The van der Waals surface area contributed by atoms with Gasteiger partial charge in [0.25, 0.3) is 0 Å². The predicted octanol–water partition coefficient (Wildman–Crippen LogP) is -0.168. The molecule has 0 fully saturated rings. The molecule has 0 aromatic rings. The molecule has 0 aromatic carbocycles. The van der Waals surface area contributed by atoms with Crippen molar-refractivity contribution in [3.8, 4) is 0 Å². The van der Waals surface area contributed by atoms with Gasteiger partial charge in [-0.15, -0.1) is 0 Å². The monoisotopic (exact) mass is 195 g/mol. The molecule has 1 N–H and O–H groups in total. The number of hydrogen-bond acceptors (Lipinski definition) is 3. The van der Waals surface area contributed by atoms with E-state index in [4.69, 9.17) is 11.6 Å². The molecule has 1 rings (SSSR count). The first-order chi connectivity index (χ1) is 4.93. The maximum atomic E-state index is 11.0. The Bertz CT molecular complexity index is 320. The maximum Gasteiger partial charge on any atom is 0.326 e. The van der Waals surface area contributed by atoms with E-state index in [-0.39, 0.29) is 11.1 Å². The highest BCUT2D eigenvalue weighted by Crippen LogP contribution is 2.09. The van der Waals surface area contributed by atoms with E-state index in [0.717, 1.165) is 4.31 Å². The quantitative estimate of drug-likeness (QED) is 0.546. The molecule has 0 radical (unpaired) electrons. The summed E-state index contributed by atoms with van der Waals surface area (Å²) in [5, 5.41) is -0.117. The Balaban J connectivity index is 3.16. The summed E-state index contributed by atoms with van der Waals surface area (Å²) in [5.41, 5.74) is 0. The summed E-state index contributed by atoms with van der Waals surface area (Å²) in [5.74, 6) is 0.0214. The van der Waals surface area contributed by atoms with Gasteiger partial charge in [0.1, 0.15) is 5.82 Å². The minimum absolute atomic E-state index is 0.0214. The lowest BCUT2D eigenvalue weighted by atomic mass is 10.8. The highest BCUT2D eigenvalue weighted by atomic mass is 35.5. The van der Waals surface area contributed by atoms with Crippen LogP contribution in [0.4, 0.5) is 0 Å². The van der Waals surface area contributed by atoms with Crippen LogP contribution in [-0.2, 0) is 10.2 Å². The van der Waals surface area contributed by atoms with Gasteiger partial charge in [-0.1, -0.05) is 6.58 Å². The maximum absolute atomic E-state index is 11.0. The molecule has 1 heterocycles. The molecule has 0 saturated heterocycles. The topological polar surface area (TPSA) is 61.8 Å². The van der Waals surface area contributed by atoms with Crippen molar-refractivity contribution < 1.29 is 8.42 Å². The molecule has 0 amide bonds. The Morgan fingerprint density at radius 3 is 2.73 bits per heavy atom. The van der Waals surface area contributed by atoms with Crippen LogP contribution in [0.5, 0.6) is 0 Å². The van der Waals surface area contributed by atoms with Crippen LogP contribution in [0.1, 0.15) is 0 Å². The fourth-order valence-corrected chi connectivity index (χ4v) is 1.62. The number of nitrogens with zero attached hydrogens (tertiary/aromatic N) is 2. The van der Waals surface area contributed by atoms with Crippen molar-refractivity contribution in [3.63, 3.8) is 0 Å². The first-order valence-corrected chi connectivity index (χ1v) is 4.45. The Hall–Kier alpha value is -0.750. The molecular weight excluding hydrogens is 190 g/mol. The average molecular weight is 196 g/mol. The Morgan fingerprint density at radius 1 is 1.73 bits per heavy atom. The minimum atomic E-state index is -3.54. The first kappa shape index (κ1) is 8.35. The Kier molecular flexibility index (Phi) is 1.81. The molecule has 11 heavy (non-hydrogen) atoms. The van der Waals surface area contributed by atoms with Crippen molar-refractivity contribution in [2.24, 2.45) is 4.99 Å². The minimum Gasteiger partial charge on any atom is -0.250 e. The third-order valence-corrected chi connectivity index (χ3v) is 2.92. The van der Waals surface area contributed by atoms with Crippen LogP contribution in [0.3, 0.4) is 0 Å². The Morgan fingerprint density at radius 2 is 2.27 bits per heavy atom. The van der Waals surface area contributed by atoms with E-state index in [1.807, 2.05) is 0 Å². The van der Waals surface area contributed by atoms with Gasteiger partial charge in [0.2, 0.25) is 5.29 Å². The number of aliphatic imine (C=N–C) groups is 1. The van der Waals surface area contributed by atoms with Gasteiger partial charge in [-0.25, -0.2) is 9.30 Å². The van der Waals surface area contributed by atoms with Crippen molar-refractivity contribution in [2.45, 2.75) is 0 Å². The lowest BCUT2D eigenvalue weighted by molar-refractivity contribution is 0.540. The van der Waals surface area contributed by atoms with Gasteiger partial charge >= 0.3 is 10.2 Å². The summed E-state index contributed by atoms with van der Waals surface area (Å²) in [6.45, 7) is 3.31. The zero-order valence-electron chi connectivity index (χ0n) is 5.70. The van der Waals surface area contributed by atoms with E-state index >= 15 is 0 Å². The highest BCUT2D eigenvalue weighted by Gasteiger charge is 2.24. The van der Waals surface area contributed by atoms with Crippen LogP contribution < -0.4 is 4.72 Å². The molecule has 0 aromatic heterocycles. The van der Waals surface area contributed by atoms with Gasteiger partial charge in [-0.05, 0) is 11.6 Å². The van der Waals surface area contributed by atoms with E-state index in [2.05, 4.69) is 16.3 Å². The SMILES string of the molecule is C=C1N=C(Cl)N(C)S(=O)(=O)N1. The van der Waals surface area contributed by atoms with E-state index in [0.29, 0.717) is 0 Å². The molecule has 0 spiro atoms. The standard InChI is InChI=1S/C4H6ClN3O2S/c1-3-6-4(5)8(2)11(9,10)7-3/h7H,1H2,2H3. The van der Waals surface area contributed by atoms with E-state index < -0.39 is 10.2 Å². The fraction of sp³-hybridized carbons (Fsp3) is 0.250. The molecule has 5 nitrogen and oxygen atoms in total. The third-order valence-electron chi connectivity index (χ3n) is 1.09. The van der Waals surface area contributed by atoms with E-state index in [1.165, 1.54) is 7.05 Å². The largest absolute Gasteiger partial charge is 0.326 e. The molecule has 0 bridgehead atoms. The van der Waals surface area contributed by atoms with Gasteiger partial charge in [-0.2, -0.15) is 8.42 Å². The van der Waals surface area contributed by atoms with Crippen molar-refractivity contribution >= 4 is 27.1 Å². The number of halogens is 1. The second-order valence-corrected chi connectivity index (χ2v) is 3.94. The van der Waals surface area contributed by atoms with Gasteiger partial charge in [0.05, 0.1) is 0 Å². The van der Waals surface area contributed by atoms with Crippen LogP contribution >= 0.6 is 11.6 Å². The predicted molar refractivity (Wildman–Crippen MR) is 42.2 cm³/mol. The van der Waals surface area contributed by atoms with Crippen LogP contribution in [0.25, 0.3) is 0 Å². The molecule has 0 saturated carbocycles. The zero-order chi connectivity index (χ0) is 8.65. The van der Waals surface area contributed by atoms with Gasteiger partial charge < -0.3 is 0 Å². The molecule has 1 aliphatic heterocycles. The van der Waals surface area contributed by atoms with Crippen molar-refractivity contribution in [1.82, 2.24) is 9.03 Å². The summed E-state index contributed by atoms with van der Waals surface area (Å²) >= 11 is 5.44. The summed E-state index contributed by atoms with van der Waals surface area (Å²) in [6, 6.07) is 0. The van der Waals surface area contributed by atoms with Crippen molar-refractivity contribution in [2.75, 3.05) is 7.05 Å². The molecule has 0 aliphatic carbocycles. The average Bonchev–Trinajstić information content (AvgIpc) is 1.81. The number of rotatable bonds is 0. The van der Waals surface area contributed by atoms with Gasteiger partial charge in [-0.3, -0.25) is 4.72 Å². The molecule has 0 atom stereocenters. The molecule has 1 aliphatic rings. The third kappa shape index (κ3) is 1.46. The number of hydrogen-bond donors (Lipinski definition) is 1. The number of nitrogens with one attached hydrogen (secondary N) is 1. The number of amidine groups is 1. The second-order valence-electron chi connectivity index (χ2n) is 1.90. The fourth-order valence-electron chi connectivity index (χ4n) is 0.521. The van der Waals surface area contributed by atoms with E-state index in [9.17, 15) is 8.42 Å². The van der Waals surface area contributed by atoms with Gasteiger partial charge in [0, 0.05) is 7.05 Å². The molecular formula is C4H6ClN3O2S. The second kappa shape index (κ2) is 2.38. The summed E-state index contributed by atoms with van der Waals surface area (Å²) in [7, 11) is -2.25. The zero-order valence-corrected chi connectivity index (χ0v) is 7.28. The van der Waals surface area contributed by atoms with E-state index in [1.54, 1.807) is 0 Å². The Labute approximate surface area is 69.5 Å². The molecule has 7 heteroatoms. The smallest absolute Gasteiger partial charge is 0.250 e. The summed E-state index contributed by atoms with van der Waals surface area (Å²) < 4.78 is 24.9. The van der Waals surface area contributed by atoms with Crippen molar-refractivity contribution in [3.05, 3.63) is 12.4 Å². The first-order valence-electron chi connectivity index (χ1n) is 2.63. The van der Waals surface area contributed by atoms with Crippen LogP contribution in [0.2, 0.25) is 0 Å². The summed E-state index contributed by atoms with van der Waals surface area (Å²) in [6.07, 6.45) is 0. The molecule has 0 unspecified atom stereocenters. The lowest BCUT2D eigenvalue weighted by Crippen LogP contribution is -2.42. The molecule has 62 valence electrons. The highest BCUT2D eigenvalue weighted by molar-refractivity contribution is 7.88.